The fourth-order valence-electron chi connectivity index (χ4n) is 2.16. The van der Waals surface area contributed by atoms with Crippen LogP contribution in [0.4, 0.5) is 4.39 Å². The first-order valence-electron chi connectivity index (χ1n) is 6.91. The molecule has 0 aliphatic carbocycles. The third-order valence-electron chi connectivity index (χ3n) is 3.36. The maximum absolute atomic E-state index is 14.1. The van der Waals surface area contributed by atoms with Crippen LogP contribution in [0, 0.1) is 5.82 Å². The van der Waals surface area contributed by atoms with Gasteiger partial charge in [0.05, 0.1) is 0 Å². The Morgan fingerprint density at radius 1 is 1.19 bits per heavy atom. The van der Waals surface area contributed by atoms with Gasteiger partial charge in [-0.3, -0.25) is 0 Å². The summed E-state index contributed by atoms with van der Waals surface area (Å²) in [4.78, 5) is 0. The Kier molecular flexibility index (Phi) is 5.37. The SMILES string of the molecule is CC(C)c1cc(Br)ccc1OCc1cccc(CN)c1F. The molecular weight excluding hydrogens is 333 g/mol. The normalized spacial score (nSPS) is 11.0. The van der Waals surface area contributed by atoms with Crippen molar-refractivity contribution in [3.63, 3.8) is 0 Å². The van der Waals surface area contributed by atoms with Crippen molar-refractivity contribution in [3.8, 4) is 5.75 Å². The molecule has 0 atom stereocenters. The van der Waals surface area contributed by atoms with Crippen LogP contribution < -0.4 is 10.5 Å². The highest BCUT2D eigenvalue weighted by atomic mass is 79.9. The zero-order valence-corrected chi connectivity index (χ0v) is 13.8. The van der Waals surface area contributed by atoms with Crippen molar-refractivity contribution in [1.29, 1.82) is 0 Å². The van der Waals surface area contributed by atoms with E-state index in [9.17, 15) is 4.39 Å². The highest BCUT2D eigenvalue weighted by Crippen LogP contribution is 2.30. The molecular formula is C17H19BrFNO. The van der Waals surface area contributed by atoms with E-state index in [2.05, 4.69) is 29.8 Å². The lowest BCUT2D eigenvalue weighted by molar-refractivity contribution is 0.295. The van der Waals surface area contributed by atoms with Gasteiger partial charge in [0.1, 0.15) is 18.2 Å². The molecule has 2 aromatic rings. The number of ether oxygens (including phenoxy) is 1. The summed E-state index contributed by atoms with van der Waals surface area (Å²) in [7, 11) is 0. The Balaban J connectivity index is 2.21. The van der Waals surface area contributed by atoms with Crippen molar-refractivity contribution in [2.75, 3.05) is 0 Å². The van der Waals surface area contributed by atoms with Gasteiger partial charge in [0, 0.05) is 22.1 Å². The first-order chi connectivity index (χ1) is 10.0. The quantitative estimate of drug-likeness (QED) is 0.843. The fraction of sp³-hybridized carbons (Fsp3) is 0.294. The molecule has 4 heteroatoms. The van der Waals surface area contributed by atoms with Gasteiger partial charge < -0.3 is 10.5 Å². The molecule has 0 amide bonds. The molecule has 2 nitrogen and oxygen atoms in total. The largest absolute Gasteiger partial charge is 0.489 e. The molecule has 0 aliphatic rings. The lowest BCUT2D eigenvalue weighted by atomic mass is 10.0. The Bertz CT molecular complexity index is 628. The van der Waals surface area contributed by atoms with Crippen molar-refractivity contribution in [2.45, 2.75) is 32.9 Å². The maximum atomic E-state index is 14.1. The van der Waals surface area contributed by atoms with E-state index in [-0.39, 0.29) is 19.0 Å². The molecule has 0 radical (unpaired) electrons. The van der Waals surface area contributed by atoms with Gasteiger partial charge >= 0.3 is 0 Å². The van der Waals surface area contributed by atoms with Crippen LogP contribution in [-0.4, -0.2) is 0 Å². The van der Waals surface area contributed by atoms with Crippen LogP contribution in [-0.2, 0) is 13.2 Å². The predicted molar refractivity (Wildman–Crippen MR) is 86.9 cm³/mol. The molecule has 0 aliphatic heterocycles. The summed E-state index contributed by atoms with van der Waals surface area (Å²) in [5.41, 5.74) is 7.65. The van der Waals surface area contributed by atoms with Gasteiger partial charge in [-0.25, -0.2) is 4.39 Å². The first kappa shape index (κ1) is 16.0. The zero-order chi connectivity index (χ0) is 15.4. The summed E-state index contributed by atoms with van der Waals surface area (Å²) in [6, 6.07) is 11.1. The molecule has 0 bridgehead atoms. The summed E-state index contributed by atoms with van der Waals surface area (Å²) < 4.78 is 21.0. The van der Waals surface area contributed by atoms with E-state index in [1.165, 1.54) is 0 Å². The Hall–Kier alpha value is -1.39. The van der Waals surface area contributed by atoms with E-state index in [0.29, 0.717) is 17.0 Å². The van der Waals surface area contributed by atoms with E-state index in [4.69, 9.17) is 10.5 Å². The van der Waals surface area contributed by atoms with Crippen LogP contribution in [0.1, 0.15) is 36.5 Å². The van der Waals surface area contributed by atoms with Crippen molar-refractivity contribution in [3.05, 3.63) is 63.4 Å². The van der Waals surface area contributed by atoms with Gasteiger partial charge in [-0.1, -0.05) is 48.0 Å². The standard InChI is InChI=1S/C17H19BrFNO/c1-11(2)15-8-14(18)6-7-16(15)21-10-13-5-3-4-12(9-20)17(13)19/h3-8,11H,9-10,20H2,1-2H3. The maximum Gasteiger partial charge on any atom is 0.134 e. The summed E-state index contributed by atoms with van der Waals surface area (Å²) in [6.07, 6.45) is 0. The Morgan fingerprint density at radius 3 is 2.57 bits per heavy atom. The summed E-state index contributed by atoms with van der Waals surface area (Å²) in [6.45, 7) is 4.59. The molecule has 0 saturated heterocycles. The summed E-state index contributed by atoms with van der Waals surface area (Å²) in [5, 5.41) is 0. The van der Waals surface area contributed by atoms with Gasteiger partial charge in [0.25, 0.3) is 0 Å². The van der Waals surface area contributed by atoms with Gasteiger partial charge in [-0.15, -0.1) is 0 Å². The molecule has 2 aromatic carbocycles. The number of hydrogen-bond acceptors (Lipinski definition) is 2. The molecule has 21 heavy (non-hydrogen) atoms. The highest BCUT2D eigenvalue weighted by molar-refractivity contribution is 9.10. The molecule has 2 N–H and O–H groups in total. The molecule has 0 unspecified atom stereocenters. The Labute approximate surface area is 133 Å². The van der Waals surface area contributed by atoms with Crippen LogP contribution in [0.3, 0.4) is 0 Å². The predicted octanol–water partition coefficient (Wildman–Crippen LogP) is 4.75. The van der Waals surface area contributed by atoms with Crippen molar-refractivity contribution >= 4 is 15.9 Å². The average Bonchev–Trinajstić information content (AvgIpc) is 2.47. The van der Waals surface area contributed by atoms with Crippen LogP contribution in [0.2, 0.25) is 0 Å². The van der Waals surface area contributed by atoms with E-state index in [0.717, 1.165) is 15.8 Å². The van der Waals surface area contributed by atoms with Crippen molar-refractivity contribution < 1.29 is 9.13 Å². The minimum absolute atomic E-state index is 0.190. The van der Waals surface area contributed by atoms with Gasteiger partial charge in [0.15, 0.2) is 0 Å². The molecule has 0 saturated carbocycles. The van der Waals surface area contributed by atoms with Crippen LogP contribution in [0.25, 0.3) is 0 Å². The second-order valence-corrected chi connectivity index (χ2v) is 6.14. The third kappa shape index (κ3) is 3.83. The lowest BCUT2D eigenvalue weighted by Crippen LogP contribution is -2.06. The summed E-state index contributed by atoms with van der Waals surface area (Å²) in [5.74, 6) is 0.840. The number of hydrogen-bond donors (Lipinski definition) is 1. The second kappa shape index (κ2) is 7.05. The molecule has 2 rings (SSSR count). The molecule has 0 spiro atoms. The van der Waals surface area contributed by atoms with Gasteiger partial charge in [-0.2, -0.15) is 0 Å². The van der Waals surface area contributed by atoms with Gasteiger partial charge in [0.2, 0.25) is 0 Å². The topological polar surface area (TPSA) is 35.2 Å². The zero-order valence-electron chi connectivity index (χ0n) is 12.2. The number of nitrogens with two attached hydrogens (primary N) is 1. The van der Waals surface area contributed by atoms with Crippen LogP contribution in [0.15, 0.2) is 40.9 Å². The van der Waals surface area contributed by atoms with Crippen molar-refractivity contribution in [2.24, 2.45) is 5.73 Å². The molecule has 112 valence electrons. The van der Waals surface area contributed by atoms with E-state index < -0.39 is 0 Å². The minimum Gasteiger partial charge on any atom is -0.489 e. The molecule has 0 aromatic heterocycles. The third-order valence-corrected chi connectivity index (χ3v) is 3.85. The summed E-state index contributed by atoms with van der Waals surface area (Å²) >= 11 is 3.46. The highest BCUT2D eigenvalue weighted by Gasteiger charge is 2.11. The number of benzene rings is 2. The lowest BCUT2D eigenvalue weighted by Gasteiger charge is -2.15. The molecule has 0 heterocycles. The minimum atomic E-state index is -0.275. The first-order valence-corrected chi connectivity index (χ1v) is 7.70. The average molecular weight is 352 g/mol. The number of halogens is 2. The Morgan fingerprint density at radius 2 is 1.90 bits per heavy atom. The second-order valence-electron chi connectivity index (χ2n) is 5.22. The molecule has 0 fully saturated rings. The van der Waals surface area contributed by atoms with E-state index in [1.54, 1.807) is 18.2 Å². The van der Waals surface area contributed by atoms with Crippen LogP contribution in [0.5, 0.6) is 5.75 Å². The van der Waals surface area contributed by atoms with Crippen LogP contribution >= 0.6 is 15.9 Å². The fourth-order valence-corrected chi connectivity index (χ4v) is 2.54. The monoisotopic (exact) mass is 351 g/mol. The van der Waals surface area contributed by atoms with E-state index >= 15 is 0 Å². The van der Waals surface area contributed by atoms with E-state index in [1.807, 2.05) is 18.2 Å². The smallest absolute Gasteiger partial charge is 0.134 e. The number of rotatable bonds is 5. The van der Waals surface area contributed by atoms with Crippen molar-refractivity contribution in [1.82, 2.24) is 0 Å². The van der Waals surface area contributed by atoms with Gasteiger partial charge in [-0.05, 0) is 29.7 Å².